The summed E-state index contributed by atoms with van der Waals surface area (Å²) >= 11 is 0. The predicted octanol–water partition coefficient (Wildman–Crippen LogP) is 5.42. The summed E-state index contributed by atoms with van der Waals surface area (Å²) in [5.41, 5.74) is 1.29. The predicted molar refractivity (Wildman–Crippen MR) is 168 cm³/mol. The Balaban J connectivity index is 1.57. The van der Waals surface area contributed by atoms with E-state index >= 15 is 0 Å². The van der Waals surface area contributed by atoms with Crippen LogP contribution in [0.15, 0.2) is 84.9 Å². The average Bonchev–Trinajstić information content (AvgIpc) is 3.03. The van der Waals surface area contributed by atoms with Gasteiger partial charge >= 0.3 is 20.8 Å². The van der Waals surface area contributed by atoms with Crippen LogP contribution >= 0.6 is 0 Å². The van der Waals surface area contributed by atoms with Gasteiger partial charge in [0.2, 0.25) is 0 Å². The Labute approximate surface area is 271 Å². The second-order valence-electron chi connectivity index (χ2n) is 9.06. The third kappa shape index (κ3) is 11.6. The van der Waals surface area contributed by atoms with E-state index in [9.17, 15) is 16.8 Å². The van der Waals surface area contributed by atoms with Gasteiger partial charge in [-0.1, -0.05) is 11.8 Å². The summed E-state index contributed by atoms with van der Waals surface area (Å²) in [4.78, 5) is 0. The Morgan fingerprint density at radius 3 is 1.19 bits per heavy atom. The van der Waals surface area contributed by atoms with Gasteiger partial charge in [0.25, 0.3) is 0 Å². The first kappa shape index (κ1) is 34.6. The van der Waals surface area contributed by atoms with E-state index in [2.05, 4.69) is 20.2 Å². The molecule has 0 fully saturated rings. The van der Waals surface area contributed by atoms with Gasteiger partial charge in [-0.15, -0.1) is 12.8 Å². The highest BCUT2D eigenvalue weighted by molar-refractivity contribution is 7.81. The van der Waals surface area contributed by atoms with Gasteiger partial charge in [0.05, 0.1) is 0 Å². The highest BCUT2D eigenvalue weighted by Crippen LogP contribution is 2.39. The van der Waals surface area contributed by atoms with Crippen molar-refractivity contribution in [3.05, 3.63) is 96.1 Å². The molecule has 0 atom stereocenters. The minimum absolute atomic E-state index is 0.136. The monoisotopic (exact) mass is 682 g/mol. The Kier molecular flexibility index (Phi) is 11.7. The van der Waals surface area contributed by atoms with Crippen molar-refractivity contribution in [3.8, 4) is 70.7 Å². The zero-order valence-electron chi connectivity index (χ0n) is 24.3. The maximum atomic E-state index is 10.9. The molecule has 4 aromatic carbocycles. The van der Waals surface area contributed by atoms with Crippen LogP contribution in [0.3, 0.4) is 0 Å². The number of ether oxygens (including phenoxy) is 5. The number of rotatable bonds is 16. The van der Waals surface area contributed by atoms with Gasteiger partial charge in [-0.3, -0.25) is 9.11 Å². The van der Waals surface area contributed by atoms with Gasteiger partial charge in [-0.25, -0.2) is 8.37 Å². The molecule has 0 heterocycles. The summed E-state index contributed by atoms with van der Waals surface area (Å²) in [6.45, 7) is -1.55. The van der Waals surface area contributed by atoms with Gasteiger partial charge < -0.3 is 23.7 Å². The Morgan fingerprint density at radius 2 is 0.851 bits per heavy atom. The molecule has 2 N–H and O–H groups in total. The fraction of sp³-hybridized carbons (Fsp3) is 0.125. The maximum absolute atomic E-state index is 10.9. The molecule has 0 aliphatic rings. The number of benzene rings is 4. The molecule has 4 rings (SSSR count). The van der Waals surface area contributed by atoms with Crippen molar-refractivity contribution >= 4 is 20.8 Å². The van der Waals surface area contributed by atoms with E-state index in [1.165, 1.54) is 12.1 Å². The lowest BCUT2D eigenvalue weighted by molar-refractivity contribution is 0.198. The molecule has 0 radical (unpaired) electrons. The number of terminal acetylenes is 2. The van der Waals surface area contributed by atoms with Crippen molar-refractivity contribution in [2.75, 3.05) is 26.4 Å². The zero-order valence-corrected chi connectivity index (χ0v) is 25.9. The summed E-state index contributed by atoms with van der Waals surface area (Å²) in [5, 5.41) is 0. The highest BCUT2D eigenvalue weighted by Gasteiger charge is 2.14. The number of hydrogen-bond acceptors (Lipinski definition) is 11. The van der Waals surface area contributed by atoms with E-state index in [4.69, 9.17) is 45.6 Å². The highest BCUT2D eigenvalue weighted by atomic mass is 32.3. The summed E-state index contributed by atoms with van der Waals surface area (Å²) in [6.07, 6.45) is 10.8. The van der Waals surface area contributed by atoms with Gasteiger partial charge in [0, 0.05) is 23.3 Å². The van der Waals surface area contributed by atoms with Crippen molar-refractivity contribution in [1.29, 1.82) is 0 Å². The van der Waals surface area contributed by atoms with Crippen LogP contribution < -0.4 is 23.7 Å². The summed E-state index contributed by atoms with van der Waals surface area (Å²) in [6, 6.07) is 22.5. The van der Waals surface area contributed by atoms with Crippen molar-refractivity contribution in [2.24, 2.45) is 0 Å². The lowest BCUT2D eigenvalue weighted by Crippen LogP contribution is -2.12. The molecule has 0 unspecified atom stereocenters. The standard InChI is InChI=1S/C32H26O13S2/c1-3-23-5-9-25(10-6-23)44-29-15-13-27(21-31(29)39-17-19-41-46(33,34)35)43-28-14-16-30(45-26-11-7-24(4-2)8-12-26)32(22-28)40-18-20-42-47(36,37)38/h1-2,5-16,21-22H,17-20H2,(H,33,34,35)(H,36,37,38). The summed E-state index contributed by atoms with van der Waals surface area (Å²) in [7, 11) is -9.34. The molecular weight excluding hydrogens is 656 g/mol. The van der Waals surface area contributed by atoms with Gasteiger partial charge in [-0.2, -0.15) is 16.8 Å². The fourth-order valence-corrected chi connectivity index (χ4v) is 4.27. The smallest absolute Gasteiger partial charge is 0.397 e. The number of hydrogen-bond donors (Lipinski definition) is 2. The molecule has 0 spiro atoms. The van der Waals surface area contributed by atoms with E-state index in [-0.39, 0.29) is 47.7 Å². The van der Waals surface area contributed by atoms with Crippen molar-refractivity contribution in [2.45, 2.75) is 0 Å². The van der Waals surface area contributed by atoms with Crippen LogP contribution in [0, 0.1) is 24.7 Å². The van der Waals surface area contributed by atoms with Crippen molar-refractivity contribution in [1.82, 2.24) is 0 Å². The van der Waals surface area contributed by atoms with E-state index in [0.29, 0.717) is 22.6 Å². The maximum Gasteiger partial charge on any atom is 0.397 e. The van der Waals surface area contributed by atoms with Gasteiger partial charge in [0.15, 0.2) is 23.0 Å². The van der Waals surface area contributed by atoms with Gasteiger partial charge in [-0.05, 0) is 72.8 Å². The Hall–Kier alpha value is -5.26. The minimum atomic E-state index is -4.67. The van der Waals surface area contributed by atoms with Gasteiger partial charge in [0.1, 0.15) is 49.4 Å². The summed E-state index contributed by atoms with van der Waals surface area (Å²) < 4.78 is 99.1. The van der Waals surface area contributed by atoms with E-state index in [0.717, 1.165) is 0 Å². The van der Waals surface area contributed by atoms with Crippen LogP contribution in [0.5, 0.6) is 46.0 Å². The normalized spacial score (nSPS) is 11.1. The molecule has 0 aliphatic carbocycles. The first-order valence-electron chi connectivity index (χ1n) is 13.3. The zero-order chi connectivity index (χ0) is 33.9. The van der Waals surface area contributed by atoms with Crippen LogP contribution in [0.4, 0.5) is 0 Å². The molecule has 13 nitrogen and oxygen atoms in total. The third-order valence-electron chi connectivity index (χ3n) is 5.71. The van der Waals surface area contributed by atoms with Crippen LogP contribution in [-0.2, 0) is 29.2 Å². The SMILES string of the molecule is C#Cc1ccc(Oc2ccc(Oc3ccc(Oc4ccc(C#C)cc4)c(OCCOS(=O)(=O)O)c3)cc2OCCOS(=O)(=O)O)cc1. The second kappa shape index (κ2) is 15.8. The first-order valence-corrected chi connectivity index (χ1v) is 16.1. The summed E-state index contributed by atoms with van der Waals surface area (Å²) in [5.74, 6) is 7.13. The lowest BCUT2D eigenvalue weighted by Gasteiger charge is -2.16. The molecule has 4 aromatic rings. The molecule has 0 aliphatic heterocycles. The molecule has 0 saturated heterocycles. The third-order valence-corrected chi connectivity index (χ3v) is 6.64. The Morgan fingerprint density at radius 1 is 0.489 bits per heavy atom. The van der Waals surface area contributed by atoms with Crippen molar-refractivity contribution < 1.29 is 58.0 Å². The van der Waals surface area contributed by atoms with Crippen LogP contribution in [0.25, 0.3) is 0 Å². The molecule has 0 amide bonds. The molecule has 244 valence electrons. The Bertz CT molecular complexity index is 1830. The average molecular weight is 683 g/mol. The fourth-order valence-electron chi connectivity index (χ4n) is 3.71. The molecule has 0 aromatic heterocycles. The molecular formula is C32H26O13S2. The van der Waals surface area contributed by atoms with Crippen molar-refractivity contribution in [3.63, 3.8) is 0 Å². The van der Waals surface area contributed by atoms with E-state index in [1.54, 1.807) is 72.8 Å². The van der Waals surface area contributed by atoms with E-state index in [1.807, 2.05) is 0 Å². The molecule has 15 heteroatoms. The molecule has 47 heavy (non-hydrogen) atoms. The largest absolute Gasteiger partial charge is 0.487 e. The topological polar surface area (TPSA) is 173 Å². The minimum Gasteiger partial charge on any atom is -0.487 e. The quantitative estimate of drug-likeness (QED) is 0.0872. The molecule has 0 saturated carbocycles. The molecule has 0 bridgehead atoms. The first-order chi connectivity index (χ1) is 22.4. The lowest BCUT2D eigenvalue weighted by atomic mass is 10.2. The van der Waals surface area contributed by atoms with Crippen LogP contribution in [0.2, 0.25) is 0 Å². The van der Waals surface area contributed by atoms with E-state index < -0.39 is 34.0 Å². The van der Waals surface area contributed by atoms with Crippen LogP contribution in [-0.4, -0.2) is 52.4 Å². The van der Waals surface area contributed by atoms with Crippen LogP contribution in [0.1, 0.15) is 11.1 Å². The second-order valence-corrected chi connectivity index (χ2v) is 11.2.